The van der Waals surface area contributed by atoms with Crippen LogP contribution in [0.1, 0.15) is 18.4 Å². The molecule has 2 aromatic carbocycles. The van der Waals surface area contributed by atoms with E-state index in [1.807, 2.05) is 30.3 Å². The van der Waals surface area contributed by atoms with Crippen LogP contribution in [0.15, 0.2) is 42.5 Å². The van der Waals surface area contributed by atoms with E-state index in [-0.39, 0.29) is 0 Å². The van der Waals surface area contributed by atoms with Crippen LogP contribution >= 0.6 is 11.6 Å². The van der Waals surface area contributed by atoms with Gasteiger partial charge in [-0.3, -0.25) is 0 Å². The Morgan fingerprint density at radius 3 is 2.76 bits per heavy atom. The van der Waals surface area contributed by atoms with Gasteiger partial charge in [0.05, 0.1) is 27.3 Å². The molecule has 0 unspecified atom stereocenters. The minimum absolute atomic E-state index is 0.713. The predicted molar refractivity (Wildman–Crippen MR) is 105 cm³/mol. The van der Waals surface area contributed by atoms with Crippen molar-refractivity contribution >= 4 is 33.5 Å². The Hall–Kier alpha value is -2.30. The number of unbranched alkanes of at least 4 members (excludes halogenated alkanes) is 1. The number of benzene rings is 2. The second-order valence-electron chi connectivity index (χ2n) is 6.37. The molecule has 0 aliphatic rings. The molecule has 0 aliphatic heterocycles. The summed E-state index contributed by atoms with van der Waals surface area (Å²) in [5, 5.41) is 1.91. The number of nitrogens with two attached hydrogens (primary N) is 1. The fourth-order valence-electron chi connectivity index (χ4n) is 3.50. The number of nitrogens with zero attached hydrogens (tertiary/aromatic N) is 2. The van der Waals surface area contributed by atoms with Crippen LogP contribution in [0.2, 0.25) is 5.02 Å². The van der Waals surface area contributed by atoms with Gasteiger partial charge in [-0.1, -0.05) is 35.9 Å². The first-order chi connectivity index (χ1) is 12.2. The summed E-state index contributed by atoms with van der Waals surface area (Å²) in [5.74, 6) is 0.941. The van der Waals surface area contributed by atoms with Crippen LogP contribution in [-0.4, -0.2) is 21.1 Å². The van der Waals surface area contributed by atoms with Gasteiger partial charge in [0.25, 0.3) is 0 Å². The molecule has 5 heteroatoms. The van der Waals surface area contributed by atoms with Crippen molar-refractivity contribution in [3.63, 3.8) is 0 Å². The van der Waals surface area contributed by atoms with Crippen molar-refractivity contribution in [3.05, 3.63) is 53.1 Å². The number of aryl methyl sites for hydroxylation is 2. The lowest BCUT2D eigenvalue weighted by molar-refractivity contribution is 0.747. The molecule has 0 aliphatic carbocycles. The van der Waals surface area contributed by atoms with Crippen LogP contribution in [0.25, 0.3) is 33.5 Å². The average Bonchev–Trinajstić information content (AvgIpc) is 3.15. The smallest absolute Gasteiger partial charge is 0.157 e. The van der Waals surface area contributed by atoms with E-state index in [1.165, 1.54) is 10.9 Å². The fourth-order valence-corrected chi connectivity index (χ4v) is 3.73. The standard InChI is InChI=1S/C20H21ClN4/c1-25-17-11-3-2-10-16(17)23-20(25)19-14(7-4-5-12-22)13-8-6-9-15(21)18(13)24-19/h2-3,6,8-11,24H,4-5,7,12,22H2,1H3. The van der Waals surface area contributed by atoms with E-state index in [1.54, 1.807) is 0 Å². The highest BCUT2D eigenvalue weighted by Gasteiger charge is 2.19. The van der Waals surface area contributed by atoms with E-state index in [9.17, 15) is 0 Å². The van der Waals surface area contributed by atoms with E-state index in [0.717, 1.165) is 52.4 Å². The van der Waals surface area contributed by atoms with Crippen LogP contribution in [-0.2, 0) is 13.5 Å². The van der Waals surface area contributed by atoms with Crippen molar-refractivity contribution < 1.29 is 0 Å². The third kappa shape index (κ3) is 2.71. The lowest BCUT2D eigenvalue weighted by Crippen LogP contribution is -2.00. The Morgan fingerprint density at radius 2 is 1.96 bits per heavy atom. The Kier molecular flexibility index (Phi) is 4.24. The summed E-state index contributed by atoms with van der Waals surface area (Å²) in [7, 11) is 2.06. The summed E-state index contributed by atoms with van der Waals surface area (Å²) in [5.41, 5.74) is 11.1. The maximum atomic E-state index is 6.43. The molecule has 4 rings (SSSR count). The van der Waals surface area contributed by atoms with Gasteiger partial charge in [0.2, 0.25) is 0 Å². The summed E-state index contributed by atoms with van der Waals surface area (Å²) in [6.07, 6.45) is 3.01. The average molecular weight is 353 g/mol. The van der Waals surface area contributed by atoms with Crippen LogP contribution < -0.4 is 5.73 Å². The molecular formula is C20H21ClN4. The van der Waals surface area contributed by atoms with Gasteiger partial charge < -0.3 is 15.3 Å². The molecular weight excluding hydrogens is 332 g/mol. The summed E-state index contributed by atoms with van der Waals surface area (Å²) in [4.78, 5) is 8.39. The number of imidazole rings is 1. The number of aromatic nitrogens is 3. The maximum absolute atomic E-state index is 6.43. The number of hydrogen-bond donors (Lipinski definition) is 2. The van der Waals surface area contributed by atoms with Gasteiger partial charge in [-0.25, -0.2) is 4.98 Å². The van der Waals surface area contributed by atoms with Crippen LogP contribution in [0.4, 0.5) is 0 Å². The van der Waals surface area contributed by atoms with E-state index in [0.29, 0.717) is 6.54 Å². The first kappa shape index (κ1) is 16.2. The normalized spacial score (nSPS) is 11.6. The quantitative estimate of drug-likeness (QED) is 0.513. The van der Waals surface area contributed by atoms with Crippen molar-refractivity contribution in [1.82, 2.24) is 14.5 Å². The highest BCUT2D eigenvalue weighted by Crippen LogP contribution is 2.35. The zero-order chi connectivity index (χ0) is 17.4. The molecule has 0 fully saturated rings. The number of para-hydroxylation sites is 3. The minimum atomic E-state index is 0.713. The Labute approximate surface area is 151 Å². The molecule has 0 radical (unpaired) electrons. The summed E-state index contributed by atoms with van der Waals surface area (Å²) >= 11 is 6.43. The SMILES string of the molecule is Cn1c(-c2[nH]c3c(Cl)cccc3c2CCCCN)nc2ccccc21. The third-order valence-electron chi connectivity index (χ3n) is 4.78. The molecule has 0 saturated carbocycles. The first-order valence-corrected chi connectivity index (χ1v) is 8.99. The monoisotopic (exact) mass is 352 g/mol. The lowest BCUT2D eigenvalue weighted by Gasteiger charge is -2.05. The molecule has 3 N–H and O–H groups in total. The van der Waals surface area contributed by atoms with E-state index in [2.05, 4.69) is 28.7 Å². The Bertz CT molecular complexity index is 1040. The molecule has 2 aromatic heterocycles. The Morgan fingerprint density at radius 1 is 1.12 bits per heavy atom. The van der Waals surface area contributed by atoms with Gasteiger partial charge >= 0.3 is 0 Å². The largest absolute Gasteiger partial charge is 0.351 e. The van der Waals surface area contributed by atoms with Crippen LogP contribution in [0, 0.1) is 0 Å². The zero-order valence-corrected chi connectivity index (χ0v) is 15.0. The van der Waals surface area contributed by atoms with Crippen molar-refractivity contribution in [2.45, 2.75) is 19.3 Å². The zero-order valence-electron chi connectivity index (χ0n) is 14.2. The number of fused-ring (bicyclic) bond motifs is 2. The van der Waals surface area contributed by atoms with E-state index in [4.69, 9.17) is 22.3 Å². The highest BCUT2D eigenvalue weighted by molar-refractivity contribution is 6.35. The summed E-state index contributed by atoms with van der Waals surface area (Å²) < 4.78 is 2.14. The Balaban J connectivity index is 1.94. The summed E-state index contributed by atoms with van der Waals surface area (Å²) in [6.45, 7) is 0.713. The van der Waals surface area contributed by atoms with Crippen LogP contribution in [0.3, 0.4) is 0 Å². The van der Waals surface area contributed by atoms with E-state index < -0.39 is 0 Å². The van der Waals surface area contributed by atoms with Crippen LogP contribution in [0.5, 0.6) is 0 Å². The molecule has 0 spiro atoms. The molecule has 4 nitrogen and oxygen atoms in total. The number of nitrogens with one attached hydrogen (secondary N) is 1. The summed E-state index contributed by atoms with van der Waals surface area (Å²) in [6, 6.07) is 14.2. The molecule has 0 bridgehead atoms. The number of rotatable bonds is 5. The van der Waals surface area contributed by atoms with Crippen molar-refractivity contribution in [3.8, 4) is 11.5 Å². The van der Waals surface area contributed by atoms with Gasteiger partial charge in [0, 0.05) is 12.4 Å². The van der Waals surface area contributed by atoms with Gasteiger partial charge in [0.1, 0.15) is 0 Å². The molecule has 0 atom stereocenters. The molecule has 2 heterocycles. The minimum Gasteiger partial charge on any atom is -0.351 e. The molecule has 0 saturated heterocycles. The molecule has 25 heavy (non-hydrogen) atoms. The molecule has 0 amide bonds. The molecule has 128 valence electrons. The number of aromatic amines is 1. The highest BCUT2D eigenvalue weighted by atomic mass is 35.5. The van der Waals surface area contributed by atoms with Gasteiger partial charge in [-0.2, -0.15) is 0 Å². The van der Waals surface area contributed by atoms with E-state index >= 15 is 0 Å². The lowest BCUT2D eigenvalue weighted by atomic mass is 10.0. The van der Waals surface area contributed by atoms with Gasteiger partial charge in [0.15, 0.2) is 5.82 Å². The fraction of sp³-hybridized carbons (Fsp3) is 0.250. The predicted octanol–water partition coefficient (Wildman–Crippen LogP) is 4.66. The topological polar surface area (TPSA) is 59.6 Å². The van der Waals surface area contributed by atoms with Crippen molar-refractivity contribution in [2.75, 3.05) is 6.54 Å². The van der Waals surface area contributed by atoms with Gasteiger partial charge in [-0.15, -0.1) is 0 Å². The maximum Gasteiger partial charge on any atom is 0.157 e. The first-order valence-electron chi connectivity index (χ1n) is 8.61. The van der Waals surface area contributed by atoms with Crippen molar-refractivity contribution in [2.24, 2.45) is 12.8 Å². The third-order valence-corrected chi connectivity index (χ3v) is 5.10. The van der Waals surface area contributed by atoms with Crippen molar-refractivity contribution in [1.29, 1.82) is 0 Å². The number of halogens is 1. The number of hydrogen-bond acceptors (Lipinski definition) is 2. The van der Waals surface area contributed by atoms with Gasteiger partial charge in [-0.05, 0) is 49.6 Å². The molecule has 4 aromatic rings. The second kappa shape index (κ2) is 6.54. The second-order valence-corrected chi connectivity index (χ2v) is 6.78. The number of H-pyrrole nitrogens is 1.